The molecule has 24 heavy (non-hydrogen) atoms. The number of pyridine rings is 1. The molecule has 0 saturated carbocycles. The van der Waals surface area contributed by atoms with Crippen molar-refractivity contribution >= 4 is 26.8 Å². The van der Waals surface area contributed by atoms with E-state index in [9.17, 15) is 8.42 Å². The molecule has 2 aromatic carbocycles. The van der Waals surface area contributed by atoms with Crippen LogP contribution in [0.1, 0.15) is 5.69 Å². The number of nitrogens with zero attached hydrogens (tertiary/aromatic N) is 2. The molecule has 122 valence electrons. The number of nitrogens with one attached hydrogen (secondary N) is 1. The second kappa shape index (κ2) is 6.67. The Bertz CT molecular complexity index is 986. The van der Waals surface area contributed by atoms with E-state index in [1.165, 1.54) is 6.07 Å². The number of sulfonamides is 1. The molecule has 3 aromatic rings. The van der Waals surface area contributed by atoms with E-state index in [4.69, 9.17) is 5.73 Å². The fraction of sp³-hybridized carbons (Fsp3) is 0.0588. The molecule has 0 spiro atoms. The zero-order valence-corrected chi connectivity index (χ0v) is 13.6. The lowest BCUT2D eigenvalue weighted by molar-refractivity contribution is 0.592. The van der Waals surface area contributed by atoms with Crippen LogP contribution in [0.4, 0.5) is 0 Å². The van der Waals surface area contributed by atoms with Crippen molar-refractivity contribution in [3.63, 3.8) is 0 Å². The van der Waals surface area contributed by atoms with Gasteiger partial charge in [-0.05, 0) is 35.0 Å². The molecule has 3 rings (SSSR count). The standard InChI is InChI=1S/C17H16N4O2S/c18-17(20-12-15-7-3-4-10-19-15)21-24(22,23)16-9-8-13-5-1-2-6-14(13)11-16/h1-11H,12H2,(H3,18,20,21). The third kappa shape index (κ3) is 3.69. The minimum Gasteiger partial charge on any atom is -0.369 e. The maximum atomic E-state index is 12.4. The predicted molar refractivity (Wildman–Crippen MR) is 93.8 cm³/mol. The van der Waals surface area contributed by atoms with Gasteiger partial charge in [-0.2, -0.15) is 0 Å². The lowest BCUT2D eigenvalue weighted by Gasteiger charge is -2.08. The SMILES string of the molecule is NC(=NCc1ccccn1)NS(=O)(=O)c1ccc2ccccc2c1. The van der Waals surface area contributed by atoms with Gasteiger partial charge in [0.25, 0.3) is 10.0 Å². The zero-order chi connectivity index (χ0) is 17.0. The molecule has 0 unspecified atom stereocenters. The number of benzene rings is 2. The minimum absolute atomic E-state index is 0.136. The molecular weight excluding hydrogens is 324 g/mol. The third-order valence-electron chi connectivity index (χ3n) is 3.41. The summed E-state index contributed by atoms with van der Waals surface area (Å²) < 4.78 is 27.1. The number of hydrogen-bond acceptors (Lipinski definition) is 4. The monoisotopic (exact) mass is 340 g/mol. The summed E-state index contributed by atoms with van der Waals surface area (Å²) >= 11 is 0. The molecule has 0 radical (unpaired) electrons. The molecule has 0 aliphatic heterocycles. The number of guanidine groups is 1. The Kier molecular flexibility index (Phi) is 4.43. The van der Waals surface area contributed by atoms with E-state index < -0.39 is 10.0 Å². The molecule has 1 aromatic heterocycles. The Morgan fingerprint density at radius 3 is 2.54 bits per heavy atom. The lowest BCUT2D eigenvalue weighted by atomic mass is 10.1. The van der Waals surface area contributed by atoms with Gasteiger partial charge >= 0.3 is 0 Å². The second-order valence-corrected chi connectivity index (χ2v) is 6.82. The number of aromatic nitrogens is 1. The van der Waals surface area contributed by atoms with Crippen molar-refractivity contribution in [3.05, 3.63) is 72.6 Å². The lowest BCUT2D eigenvalue weighted by Crippen LogP contribution is -2.36. The van der Waals surface area contributed by atoms with E-state index in [0.29, 0.717) is 5.69 Å². The van der Waals surface area contributed by atoms with E-state index in [1.807, 2.05) is 30.3 Å². The van der Waals surface area contributed by atoms with Gasteiger partial charge in [0.2, 0.25) is 5.96 Å². The second-order valence-electron chi connectivity index (χ2n) is 5.14. The number of rotatable bonds is 4. The van der Waals surface area contributed by atoms with Crippen molar-refractivity contribution in [2.24, 2.45) is 10.7 Å². The Hall–Kier alpha value is -2.93. The van der Waals surface area contributed by atoms with Crippen molar-refractivity contribution in [1.29, 1.82) is 0 Å². The minimum atomic E-state index is -3.78. The van der Waals surface area contributed by atoms with E-state index in [0.717, 1.165) is 10.8 Å². The van der Waals surface area contributed by atoms with Crippen LogP contribution < -0.4 is 10.5 Å². The van der Waals surface area contributed by atoms with Crippen LogP contribution in [0.15, 0.2) is 76.7 Å². The van der Waals surface area contributed by atoms with Gasteiger partial charge in [0.15, 0.2) is 0 Å². The van der Waals surface area contributed by atoms with Gasteiger partial charge in [-0.25, -0.2) is 18.1 Å². The summed E-state index contributed by atoms with van der Waals surface area (Å²) in [4.78, 5) is 8.24. The van der Waals surface area contributed by atoms with Crippen LogP contribution in [-0.2, 0) is 16.6 Å². The number of hydrogen-bond donors (Lipinski definition) is 2. The van der Waals surface area contributed by atoms with E-state index in [2.05, 4.69) is 14.7 Å². The molecule has 0 bridgehead atoms. The van der Waals surface area contributed by atoms with Crippen LogP contribution in [0.3, 0.4) is 0 Å². The molecule has 0 amide bonds. The van der Waals surface area contributed by atoms with Crippen LogP contribution in [0.2, 0.25) is 0 Å². The number of fused-ring (bicyclic) bond motifs is 1. The Morgan fingerprint density at radius 1 is 1.04 bits per heavy atom. The Labute approximate surface area is 140 Å². The average molecular weight is 340 g/mol. The van der Waals surface area contributed by atoms with Crippen LogP contribution in [-0.4, -0.2) is 19.4 Å². The molecule has 0 fully saturated rings. The molecule has 0 atom stereocenters. The molecule has 6 nitrogen and oxygen atoms in total. The summed E-state index contributed by atoms with van der Waals surface area (Å²) in [5, 5.41) is 1.80. The summed E-state index contributed by atoms with van der Waals surface area (Å²) in [5.41, 5.74) is 6.39. The first-order valence-corrected chi connectivity index (χ1v) is 8.74. The summed E-state index contributed by atoms with van der Waals surface area (Å²) in [6.45, 7) is 0.201. The van der Waals surface area contributed by atoms with Gasteiger partial charge in [0.1, 0.15) is 0 Å². The van der Waals surface area contributed by atoms with Gasteiger partial charge in [-0.15, -0.1) is 0 Å². The van der Waals surface area contributed by atoms with Crippen molar-refractivity contribution in [3.8, 4) is 0 Å². The molecule has 1 heterocycles. The predicted octanol–water partition coefficient (Wildman–Crippen LogP) is 2.03. The summed E-state index contributed by atoms with van der Waals surface area (Å²) in [6.07, 6.45) is 1.64. The highest BCUT2D eigenvalue weighted by Crippen LogP contribution is 2.18. The maximum absolute atomic E-state index is 12.4. The zero-order valence-electron chi connectivity index (χ0n) is 12.8. The Morgan fingerprint density at radius 2 is 1.79 bits per heavy atom. The molecule has 7 heteroatoms. The first-order valence-electron chi connectivity index (χ1n) is 7.26. The molecule has 0 aliphatic carbocycles. The summed E-state index contributed by atoms with van der Waals surface area (Å²) in [6, 6.07) is 17.8. The van der Waals surface area contributed by atoms with E-state index in [-0.39, 0.29) is 17.4 Å². The quantitative estimate of drug-likeness (QED) is 0.561. The van der Waals surface area contributed by atoms with Crippen molar-refractivity contribution < 1.29 is 8.42 Å². The van der Waals surface area contributed by atoms with E-state index in [1.54, 1.807) is 30.5 Å². The smallest absolute Gasteiger partial charge is 0.264 e. The van der Waals surface area contributed by atoms with Crippen LogP contribution >= 0.6 is 0 Å². The van der Waals surface area contributed by atoms with Gasteiger partial charge in [-0.1, -0.05) is 36.4 Å². The van der Waals surface area contributed by atoms with Crippen LogP contribution in [0.25, 0.3) is 10.8 Å². The van der Waals surface area contributed by atoms with Crippen molar-refractivity contribution in [2.45, 2.75) is 11.4 Å². The Balaban J connectivity index is 1.79. The molecular formula is C17H16N4O2S. The van der Waals surface area contributed by atoms with E-state index >= 15 is 0 Å². The highest BCUT2D eigenvalue weighted by atomic mass is 32.2. The third-order valence-corrected chi connectivity index (χ3v) is 4.76. The highest BCUT2D eigenvalue weighted by molar-refractivity contribution is 7.90. The van der Waals surface area contributed by atoms with Crippen LogP contribution in [0.5, 0.6) is 0 Å². The van der Waals surface area contributed by atoms with Crippen molar-refractivity contribution in [2.75, 3.05) is 0 Å². The van der Waals surface area contributed by atoms with Gasteiger partial charge in [0, 0.05) is 6.20 Å². The molecule has 0 saturated heterocycles. The van der Waals surface area contributed by atoms with Gasteiger partial charge < -0.3 is 5.73 Å². The van der Waals surface area contributed by atoms with Gasteiger partial charge in [-0.3, -0.25) is 4.98 Å². The maximum Gasteiger partial charge on any atom is 0.264 e. The first kappa shape index (κ1) is 15.9. The summed E-state index contributed by atoms with van der Waals surface area (Å²) in [7, 11) is -3.78. The summed E-state index contributed by atoms with van der Waals surface area (Å²) in [5.74, 6) is -0.172. The highest BCUT2D eigenvalue weighted by Gasteiger charge is 2.15. The normalized spacial score (nSPS) is 12.2. The fourth-order valence-corrected chi connectivity index (χ4v) is 3.21. The first-order chi connectivity index (χ1) is 11.5. The molecule has 3 N–H and O–H groups in total. The fourth-order valence-electron chi connectivity index (χ4n) is 2.22. The average Bonchev–Trinajstić information content (AvgIpc) is 2.60. The van der Waals surface area contributed by atoms with Crippen molar-refractivity contribution in [1.82, 2.24) is 9.71 Å². The number of aliphatic imine (C=N–C) groups is 1. The van der Waals surface area contributed by atoms with Crippen LogP contribution in [0, 0.1) is 0 Å². The molecule has 0 aliphatic rings. The number of nitrogens with two attached hydrogens (primary N) is 1. The topological polar surface area (TPSA) is 97.4 Å². The largest absolute Gasteiger partial charge is 0.369 e. The van der Waals surface area contributed by atoms with Gasteiger partial charge in [0.05, 0.1) is 17.1 Å².